The maximum absolute atomic E-state index is 14.5. The second-order valence-electron chi connectivity index (χ2n) is 8.41. The Hall–Kier alpha value is -4.11. The van der Waals surface area contributed by atoms with Crippen molar-refractivity contribution in [3.05, 3.63) is 93.8 Å². The van der Waals surface area contributed by atoms with E-state index in [-0.39, 0.29) is 24.3 Å². The lowest BCUT2D eigenvalue weighted by molar-refractivity contribution is 0.0625. The molecule has 182 valence electrons. The van der Waals surface area contributed by atoms with Gasteiger partial charge in [-0.1, -0.05) is 35.9 Å². The van der Waals surface area contributed by atoms with Gasteiger partial charge in [-0.3, -0.25) is 9.78 Å². The van der Waals surface area contributed by atoms with Crippen molar-refractivity contribution in [1.82, 2.24) is 24.8 Å². The molecule has 1 aliphatic rings. The van der Waals surface area contributed by atoms with Crippen LogP contribution in [0.4, 0.5) is 10.3 Å². The minimum absolute atomic E-state index is 0.0929. The molecule has 1 atom stereocenters. The van der Waals surface area contributed by atoms with Crippen LogP contribution in [-0.2, 0) is 13.0 Å². The lowest BCUT2D eigenvalue weighted by Gasteiger charge is -2.38. The van der Waals surface area contributed by atoms with Crippen LogP contribution in [0, 0.1) is 12.7 Å². The van der Waals surface area contributed by atoms with Crippen molar-refractivity contribution in [3.63, 3.8) is 0 Å². The van der Waals surface area contributed by atoms with Crippen molar-refractivity contribution >= 4 is 23.5 Å². The number of nitrogen functional groups attached to an aromatic ring is 1. The van der Waals surface area contributed by atoms with Crippen molar-refractivity contribution in [2.24, 2.45) is 0 Å². The predicted molar refractivity (Wildman–Crippen MR) is 133 cm³/mol. The van der Waals surface area contributed by atoms with Gasteiger partial charge >= 0.3 is 0 Å². The third kappa shape index (κ3) is 4.33. The summed E-state index contributed by atoms with van der Waals surface area (Å²) in [6, 6.07) is 11.2. The van der Waals surface area contributed by atoms with Gasteiger partial charge in [0, 0.05) is 23.6 Å². The Labute approximate surface area is 212 Å². The largest absolute Gasteiger partial charge is 0.480 e. The number of nitrogens with zero attached hydrogens (tertiary/aromatic N) is 5. The van der Waals surface area contributed by atoms with Crippen molar-refractivity contribution in [3.8, 4) is 17.1 Å². The standard InChI is InChI=1S/C26H22ClFN6O2/c1-14-24-20(33-26(29)31-14)10-22(34(25(24)35)13-15-5-3-4-6-19(15)27)17-8-7-16(28)9-18(17)21-11-30-12-23(32-21)36-2/h3-9,11-12,22H,10,13H2,1-2H3,(H2,29,31,33)/t22-/m1/s1. The van der Waals surface area contributed by atoms with E-state index in [9.17, 15) is 9.18 Å². The van der Waals surface area contributed by atoms with E-state index in [1.54, 1.807) is 24.0 Å². The summed E-state index contributed by atoms with van der Waals surface area (Å²) in [4.78, 5) is 32.8. The number of ether oxygens (including phenoxy) is 1. The number of benzene rings is 2. The topological polar surface area (TPSA) is 107 Å². The first-order valence-electron chi connectivity index (χ1n) is 11.2. The molecule has 2 N–H and O–H groups in total. The number of nitrogens with two attached hydrogens (primary N) is 1. The lowest BCUT2D eigenvalue weighted by Crippen LogP contribution is -2.41. The van der Waals surface area contributed by atoms with Gasteiger partial charge in [0.15, 0.2) is 0 Å². The molecule has 0 bridgehead atoms. The van der Waals surface area contributed by atoms with Crippen LogP contribution in [0.5, 0.6) is 5.88 Å². The van der Waals surface area contributed by atoms with E-state index in [0.29, 0.717) is 45.2 Å². The molecule has 2 aromatic carbocycles. The monoisotopic (exact) mass is 504 g/mol. The van der Waals surface area contributed by atoms with Gasteiger partial charge in [-0.05, 0) is 36.2 Å². The number of hydrogen-bond acceptors (Lipinski definition) is 7. The van der Waals surface area contributed by atoms with Crippen LogP contribution in [0.2, 0.25) is 5.02 Å². The van der Waals surface area contributed by atoms with Crippen molar-refractivity contribution in [2.75, 3.05) is 12.8 Å². The SMILES string of the molecule is COc1cncc(-c2cc(F)ccc2[C@H]2Cc3nc(N)nc(C)c3C(=O)N2Cc2ccccc2Cl)n1. The Bertz CT molecular complexity index is 1480. The van der Waals surface area contributed by atoms with Gasteiger partial charge in [-0.25, -0.2) is 19.3 Å². The molecular formula is C26H22ClFN6O2. The zero-order valence-corrected chi connectivity index (χ0v) is 20.3. The molecule has 5 rings (SSSR count). The number of aryl methyl sites for hydroxylation is 1. The molecule has 0 saturated carbocycles. The fraction of sp³-hybridized carbons (Fsp3) is 0.192. The third-order valence-electron chi connectivity index (χ3n) is 6.19. The number of carbonyl (C=O) groups is 1. The molecule has 8 nitrogen and oxygen atoms in total. The maximum Gasteiger partial charge on any atom is 0.258 e. The number of hydrogen-bond donors (Lipinski definition) is 1. The molecule has 10 heteroatoms. The van der Waals surface area contributed by atoms with Crippen LogP contribution in [0.25, 0.3) is 11.3 Å². The van der Waals surface area contributed by atoms with Crippen molar-refractivity contribution in [2.45, 2.75) is 25.9 Å². The van der Waals surface area contributed by atoms with Gasteiger partial charge in [0.2, 0.25) is 11.8 Å². The Balaban J connectivity index is 1.69. The molecular weight excluding hydrogens is 483 g/mol. The minimum atomic E-state index is -0.515. The molecule has 1 amide bonds. The predicted octanol–water partition coefficient (Wildman–Crippen LogP) is 4.57. The molecule has 0 saturated heterocycles. The van der Waals surface area contributed by atoms with Crippen LogP contribution in [0.3, 0.4) is 0 Å². The maximum atomic E-state index is 14.5. The average molecular weight is 505 g/mol. The van der Waals surface area contributed by atoms with Crippen LogP contribution >= 0.6 is 11.6 Å². The first kappa shape index (κ1) is 23.6. The van der Waals surface area contributed by atoms with Crippen molar-refractivity contribution in [1.29, 1.82) is 0 Å². The smallest absolute Gasteiger partial charge is 0.258 e. The Morgan fingerprint density at radius 1 is 1.17 bits per heavy atom. The number of fused-ring (bicyclic) bond motifs is 1. The Kier molecular flexibility index (Phi) is 6.24. The van der Waals surface area contributed by atoms with Gasteiger partial charge in [0.1, 0.15) is 5.82 Å². The Morgan fingerprint density at radius 2 is 1.97 bits per heavy atom. The molecule has 36 heavy (non-hydrogen) atoms. The molecule has 0 spiro atoms. The van der Waals surface area contributed by atoms with Crippen LogP contribution in [-0.4, -0.2) is 37.9 Å². The van der Waals surface area contributed by atoms with Crippen LogP contribution in [0.15, 0.2) is 54.9 Å². The van der Waals surface area contributed by atoms with Crippen molar-refractivity contribution < 1.29 is 13.9 Å². The number of amides is 1. The second-order valence-corrected chi connectivity index (χ2v) is 8.82. The molecule has 0 aliphatic carbocycles. The van der Waals surface area contributed by atoms with E-state index < -0.39 is 11.9 Å². The van der Waals surface area contributed by atoms with Crippen LogP contribution in [0.1, 0.15) is 38.9 Å². The molecule has 0 unspecified atom stereocenters. The summed E-state index contributed by atoms with van der Waals surface area (Å²) in [6.45, 7) is 1.96. The summed E-state index contributed by atoms with van der Waals surface area (Å²) < 4.78 is 19.7. The number of methoxy groups -OCH3 is 1. The number of halogens is 2. The normalized spacial score (nSPS) is 15.1. The molecule has 0 radical (unpaired) electrons. The lowest BCUT2D eigenvalue weighted by atomic mass is 9.88. The van der Waals surface area contributed by atoms with Gasteiger partial charge in [0.25, 0.3) is 5.91 Å². The number of carbonyl (C=O) groups excluding carboxylic acids is 1. The highest BCUT2D eigenvalue weighted by Gasteiger charge is 2.37. The Morgan fingerprint density at radius 3 is 2.75 bits per heavy atom. The van der Waals surface area contributed by atoms with E-state index in [1.165, 1.54) is 31.6 Å². The minimum Gasteiger partial charge on any atom is -0.480 e. The summed E-state index contributed by atoms with van der Waals surface area (Å²) in [5.41, 5.74) is 9.74. The zero-order valence-electron chi connectivity index (χ0n) is 19.6. The molecule has 1 aliphatic heterocycles. The highest BCUT2D eigenvalue weighted by atomic mass is 35.5. The first-order valence-corrected chi connectivity index (χ1v) is 11.6. The van der Waals surface area contributed by atoms with E-state index >= 15 is 0 Å². The number of anilines is 1. The fourth-order valence-electron chi connectivity index (χ4n) is 4.55. The average Bonchev–Trinajstić information content (AvgIpc) is 2.86. The fourth-order valence-corrected chi connectivity index (χ4v) is 4.74. The van der Waals surface area contributed by atoms with Gasteiger partial charge in [-0.2, -0.15) is 0 Å². The van der Waals surface area contributed by atoms with E-state index in [1.807, 2.05) is 18.2 Å². The van der Waals surface area contributed by atoms with Crippen LogP contribution < -0.4 is 10.5 Å². The first-order chi connectivity index (χ1) is 17.4. The highest BCUT2D eigenvalue weighted by Crippen LogP contribution is 2.39. The molecule has 0 fully saturated rings. The summed E-state index contributed by atoms with van der Waals surface area (Å²) >= 11 is 6.46. The van der Waals surface area contributed by atoms with E-state index in [0.717, 1.165) is 5.56 Å². The van der Waals surface area contributed by atoms with Gasteiger partial charge in [-0.15, -0.1) is 0 Å². The third-order valence-corrected chi connectivity index (χ3v) is 6.56. The summed E-state index contributed by atoms with van der Waals surface area (Å²) in [7, 11) is 1.48. The van der Waals surface area contributed by atoms with E-state index in [4.69, 9.17) is 22.1 Å². The summed E-state index contributed by atoms with van der Waals surface area (Å²) in [6.07, 6.45) is 3.34. The van der Waals surface area contributed by atoms with Gasteiger partial charge < -0.3 is 15.4 Å². The number of aromatic nitrogens is 4. The number of rotatable bonds is 5. The quantitative estimate of drug-likeness (QED) is 0.424. The van der Waals surface area contributed by atoms with Gasteiger partial charge in [0.05, 0.1) is 48.2 Å². The summed E-state index contributed by atoms with van der Waals surface area (Å²) in [5, 5.41) is 0.540. The summed E-state index contributed by atoms with van der Waals surface area (Å²) in [5.74, 6) is -0.321. The highest BCUT2D eigenvalue weighted by molar-refractivity contribution is 6.31. The second kappa shape index (κ2) is 9.50. The molecule has 4 aromatic rings. The molecule has 2 aromatic heterocycles. The zero-order chi connectivity index (χ0) is 25.4. The van der Waals surface area contributed by atoms with E-state index in [2.05, 4.69) is 19.9 Å². The molecule has 3 heterocycles.